The number of imidazole rings is 1. The molecule has 4 rings (SSSR count). The van der Waals surface area contributed by atoms with E-state index in [1.54, 1.807) is 30.6 Å². The van der Waals surface area contributed by atoms with Crippen molar-refractivity contribution >= 4 is 26.5 Å². The van der Waals surface area contributed by atoms with Gasteiger partial charge in [-0.2, -0.15) is 0 Å². The number of H-pyrrole nitrogens is 1. The van der Waals surface area contributed by atoms with E-state index in [0.29, 0.717) is 4.90 Å². The zero-order valence-corrected chi connectivity index (χ0v) is 13.4. The normalized spacial score (nSPS) is 12.3. The second-order valence-corrected chi connectivity index (χ2v) is 7.56. The summed E-state index contributed by atoms with van der Waals surface area (Å²) in [5.41, 5.74) is 4.19. The van der Waals surface area contributed by atoms with E-state index in [4.69, 9.17) is 0 Å². The van der Waals surface area contributed by atoms with Gasteiger partial charge in [0.1, 0.15) is 5.82 Å². The van der Waals surface area contributed by atoms with E-state index in [9.17, 15) is 8.42 Å². The molecule has 0 amide bonds. The Labute approximate surface area is 132 Å². The maximum atomic E-state index is 11.7. The van der Waals surface area contributed by atoms with Crippen molar-refractivity contribution in [2.75, 3.05) is 6.26 Å². The largest absolute Gasteiger partial charge is 0.338 e. The predicted molar refractivity (Wildman–Crippen MR) is 88.1 cm³/mol. The molecule has 0 aliphatic heterocycles. The van der Waals surface area contributed by atoms with Gasteiger partial charge in [0, 0.05) is 11.9 Å². The van der Waals surface area contributed by atoms with Gasteiger partial charge in [-0.05, 0) is 30.7 Å². The van der Waals surface area contributed by atoms with Crippen LogP contribution in [0.2, 0.25) is 0 Å². The molecule has 0 fully saturated rings. The van der Waals surface area contributed by atoms with Crippen molar-refractivity contribution in [3.63, 3.8) is 0 Å². The number of hydrogen-bond donors (Lipinski definition) is 1. The molecule has 23 heavy (non-hydrogen) atoms. The predicted octanol–water partition coefficient (Wildman–Crippen LogP) is 2.59. The van der Waals surface area contributed by atoms with Crippen molar-refractivity contribution in [3.8, 4) is 11.3 Å². The molecule has 116 valence electrons. The lowest BCUT2D eigenvalue weighted by atomic mass is 10.1. The topological polar surface area (TPSA) is 80.1 Å². The van der Waals surface area contributed by atoms with Gasteiger partial charge in [0.05, 0.1) is 28.3 Å². The minimum atomic E-state index is -3.24. The van der Waals surface area contributed by atoms with Gasteiger partial charge in [-0.1, -0.05) is 12.1 Å². The van der Waals surface area contributed by atoms with Gasteiger partial charge in [-0.25, -0.2) is 18.4 Å². The van der Waals surface area contributed by atoms with Crippen LogP contribution in [0.4, 0.5) is 0 Å². The molecule has 3 aromatic heterocycles. The number of nitrogens with one attached hydrogen (secondary N) is 1. The molecule has 0 aliphatic rings. The molecule has 0 saturated heterocycles. The highest BCUT2D eigenvalue weighted by atomic mass is 32.2. The Morgan fingerprint density at radius 2 is 1.91 bits per heavy atom. The number of sulfone groups is 1. The fourth-order valence-corrected chi connectivity index (χ4v) is 3.42. The minimum absolute atomic E-state index is 0.297. The number of rotatable bonds is 2. The molecule has 4 aromatic rings. The smallest absolute Gasteiger partial charge is 0.175 e. The van der Waals surface area contributed by atoms with E-state index in [-0.39, 0.29) is 0 Å². The highest BCUT2D eigenvalue weighted by Crippen LogP contribution is 2.26. The number of nitrogens with zero attached hydrogens (tertiary/aromatic N) is 3. The highest BCUT2D eigenvalue weighted by Gasteiger charge is 2.12. The van der Waals surface area contributed by atoms with Crippen molar-refractivity contribution in [1.82, 2.24) is 19.4 Å². The quantitative estimate of drug-likeness (QED) is 0.614. The van der Waals surface area contributed by atoms with Gasteiger partial charge >= 0.3 is 0 Å². The van der Waals surface area contributed by atoms with Crippen LogP contribution in [0.25, 0.3) is 27.9 Å². The van der Waals surface area contributed by atoms with Gasteiger partial charge in [0.2, 0.25) is 0 Å². The highest BCUT2D eigenvalue weighted by molar-refractivity contribution is 7.90. The molecule has 1 N–H and O–H groups in total. The molecular weight excluding hydrogens is 312 g/mol. The molecule has 1 aromatic carbocycles. The Balaban J connectivity index is 1.96. The van der Waals surface area contributed by atoms with Crippen molar-refractivity contribution in [1.29, 1.82) is 0 Å². The average Bonchev–Trinajstić information content (AvgIpc) is 3.10. The molecule has 0 radical (unpaired) electrons. The molecule has 0 saturated carbocycles. The van der Waals surface area contributed by atoms with E-state index in [0.717, 1.165) is 33.8 Å². The number of hydrogen-bond acceptors (Lipinski definition) is 4. The number of aromatic amines is 1. The number of fused-ring (bicyclic) bond motifs is 3. The van der Waals surface area contributed by atoms with Crippen molar-refractivity contribution in [2.45, 2.75) is 11.8 Å². The lowest BCUT2D eigenvalue weighted by Crippen LogP contribution is -1.96. The van der Waals surface area contributed by atoms with Crippen molar-refractivity contribution < 1.29 is 8.42 Å². The van der Waals surface area contributed by atoms with Crippen LogP contribution in [0.15, 0.2) is 47.6 Å². The summed E-state index contributed by atoms with van der Waals surface area (Å²) in [5, 5.41) is 0. The summed E-state index contributed by atoms with van der Waals surface area (Å²) >= 11 is 0. The van der Waals surface area contributed by atoms with Crippen LogP contribution in [0.5, 0.6) is 0 Å². The number of benzene rings is 1. The summed E-state index contributed by atoms with van der Waals surface area (Å²) in [7, 11) is -3.24. The third kappa shape index (κ3) is 2.20. The van der Waals surface area contributed by atoms with Crippen LogP contribution < -0.4 is 0 Å². The Kier molecular flexibility index (Phi) is 2.83. The summed E-state index contributed by atoms with van der Waals surface area (Å²) in [5.74, 6) is 0.878. The van der Waals surface area contributed by atoms with E-state index >= 15 is 0 Å². The zero-order valence-electron chi connectivity index (χ0n) is 12.6. The molecule has 3 heterocycles. The fourth-order valence-electron chi connectivity index (χ4n) is 2.75. The summed E-state index contributed by atoms with van der Waals surface area (Å²) in [6, 6.07) is 8.83. The first-order valence-corrected chi connectivity index (χ1v) is 8.95. The first kappa shape index (κ1) is 14.0. The van der Waals surface area contributed by atoms with Crippen molar-refractivity contribution in [3.05, 3.63) is 48.5 Å². The van der Waals surface area contributed by atoms with E-state index in [1.165, 1.54) is 6.26 Å². The summed E-state index contributed by atoms with van der Waals surface area (Å²) in [4.78, 5) is 12.3. The van der Waals surface area contributed by atoms with Gasteiger partial charge < -0.3 is 4.98 Å². The van der Waals surface area contributed by atoms with E-state index in [1.807, 2.05) is 23.5 Å². The van der Waals surface area contributed by atoms with E-state index in [2.05, 4.69) is 15.0 Å². The third-order valence-electron chi connectivity index (χ3n) is 3.88. The molecule has 0 atom stereocenters. The van der Waals surface area contributed by atoms with Crippen LogP contribution in [0, 0.1) is 6.92 Å². The van der Waals surface area contributed by atoms with Gasteiger partial charge in [0.25, 0.3) is 0 Å². The lowest BCUT2D eigenvalue weighted by Gasteiger charge is -2.01. The first-order valence-electron chi connectivity index (χ1n) is 7.06. The maximum Gasteiger partial charge on any atom is 0.175 e. The molecule has 0 unspecified atom stereocenters. The van der Waals surface area contributed by atoms with Gasteiger partial charge in [-0.15, -0.1) is 0 Å². The lowest BCUT2D eigenvalue weighted by molar-refractivity contribution is 0.602. The molecule has 7 heteroatoms. The van der Waals surface area contributed by atoms with Crippen molar-refractivity contribution in [2.24, 2.45) is 0 Å². The number of aromatic nitrogens is 4. The van der Waals surface area contributed by atoms with Crippen LogP contribution in [-0.4, -0.2) is 34.0 Å². The average molecular weight is 326 g/mol. The minimum Gasteiger partial charge on any atom is -0.338 e. The summed E-state index contributed by atoms with van der Waals surface area (Å²) < 4.78 is 25.5. The Hall–Kier alpha value is -2.67. The molecule has 0 bridgehead atoms. The second-order valence-electron chi connectivity index (χ2n) is 5.54. The monoisotopic (exact) mass is 326 g/mol. The fraction of sp³-hybridized carbons (Fsp3) is 0.125. The Morgan fingerprint density at radius 3 is 2.70 bits per heavy atom. The maximum absolute atomic E-state index is 11.7. The number of aryl methyl sites for hydroxylation is 1. The molecule has 0 spiro atoms. The third-order valence-corrected chi connectivity index (χ3v) is 4.99. The SMILES string of the molecule is Cc1ncc2cnc3[nH]c(-c4cccc(S(C)(=O)=O)c4)cc3n12. The summed E-state index contributed by atoms with van der Waals surface area (Å²) in [6.07, 6.45) is 4.74. The van der Waals surface area contributed by atoms with E-state index < -0.39 is 9.84 Å². The molecule has 0 aliphatic carbocycles. The van der Waals surface area contributed by atoms with Crippen LogP contribution >= 0.6 is 0 Å². The van der Waals surface area contributed by atoms with Crippen LogP contribution in [-0.2, 0) is 9.84 Å². The van der Waals surface area contributed by atoms with Gasteiger partial charge in [0.15, 0.2) is 15.5 Å². The van der Waals surface area contributed by atoms with Crippen LogP contribution in [0.1, 0.15) is 5.82 Å². The van der Waals surface area contributed by atoms with Gasteiger partial charge in [-0.3, -0.25) is 4.40 Å². The zero-order chi connectivity index (χ0) is 16.2. The first-order chi connectivity index (χ1) is 10.9. The summed E-state index contributed by atoms with van der Waals surface area (Å²) in [6.45, 7) is 1.93. The Bertz CT molecular complexity index is 1160. The van der Waals surface area contributed by atoms with Crippen LogP contribution in [0.3, 0.4) is 0 Å². The second kappa shape index (κ2) is 4.66. The Morgan fingerprint density at radius 1 is 1.13 bits per heavy atom. The standard InChI is InChI=1S/C16H14N4O2S/c1-10-17-8-12-9-18-16-15(20(10)12)7-14(19-16)11-4-3-5-13(6-11)23(2,21)22/h3-9,19H,1-2H3. The molecule has 6 nitrogen and oxygen atoms in total. The molecular formula is C16H14N4O2S.